The Kier molecular flexibility index (Phi) is 6.16. The second-order valence-electron chi connectivity index (χ2n) is 5.57. The number of sulfonamides is 1. The monoisotopic (exact) mass is 336 g/mol. The number of hydrogen-bond acceptors (Lipinski definition) is 3. The number of rotatable bonds is 3. The van der Waals surface area contributed by atoms with Crippen molar-refractivity contribution in [2.24, 2.45) is 5.92 Å². The molecule has 2 unspecified atom stereocenters. The first-order chi connectivity index (χ1) is 9.31. The molecule has 1 aromatic rings. The van der Waals surface area contributed by atoms with Gasteiger partial charge in [0.25, 0.3) is 0 Å². The van der Waals surface area contributed by atoms with E-state index in [4.69, 9.17) is 0 Å². The molecule has 7 heteroatoms. The lowest BCUT2D eigenvalue weighted by Crippen LogP contribution is -2.50. The van der Waals surface area contributed by atoms with E-state index in [-0.39, 0.29) is 29.3 Å². The molecular formula is C14H22ClFN2O2S. The van der Waals surface area contributed by atoms with E-state index in [1.54, 1.807) is 13.8 Å². The molecule has 0 bridgehead atoms. The molecule has 2 N–H and O–H groups in total. The van der Waals surface area contributed by atoms with Crippen LogP contribution in [0.2, 0.25) is 0 Å². The fourth-order valence-corrected chi connectivity index (χ4v) is 4.52. The SMILES string of the molecule is Cc1cc(F)cc(C)c1S(=O)(=O)NC1CNCCC1C.Cl. The highest BCUT2D eigenvalue weighted by atomic mass is 35.5. The van der Waals surface area contributed by atoms with Gasteiger partial charge in [0.05, 0.1) is 4.90 Å². The zero-order chi connectivity index (χ0) is 14.9. The quantitative estimate of drug-likeness (QED) is 0.889. The molecule has 1 aromatic carbocycles. The molecule has 1 aliphatic rings. The number of aryl methyl sites for hydroxylation is 2. The highest BCUT2D eigenvalue weighted by molar-refractivity contribution is 7.89. The number of halogens is 2. The maximum Gasteiger partial charge on any atom is 0.241 e. The average molecular weight is 337 g/mol. The third-order valence-corrected chi connectivity index (χ3v) is 5.62. The molecular weight excluding hydrogens is 315 g/mol. The third-order valence-electron chi connectivity index (χ3n) is 3.83. The summed E-state index contributed by atoms with van der Waals surface area (Å²) in [7, 11) is -3.63. The van der Waals surface area contributed by atoms with Crippen LogP contribution in [0.15, 0.2) is 17.0 Å². The second-order valence-corrected chi connectivity index (χ2v) is 7.22. The van der Waals surface area contributed by atoms with Gasteiger partial charge in [-0.2, -0.15) is 0 Å². The standard InChI is InChI=1S/C14H21FN2O2S.ClH/c1-9-4-5-16-8-13(9)17-20(18,19)14-10(2)6-12(15)7-11(14)3;/h6-7,9,13,16-17H,4-5,8H2,1-3H3;1H. The Bertz CT molecular complexity index is 584. The zero-order valence-corrected chi connectivity index (χ0v) is 14.1. The van der Waals surface area contributed by atoms with E-state index in [1.807, 2.05) is 6.92 Å². The lowest BCUT2D eigenvalue weighted by molar-refractivity contribution is 0.327. The summed E-state index contributed by atoms with van der Waals surface area (Å²) in [5.41, 5.74) is 0.873. The van der Waals surface area contributed by atoms with Crippen molar-refractivity contribution < 1.29 is 12.8 Å². The summed E-state index contributed by atoms with van der Waals surface area (Å²) in [4.78, 5) is 0.191. The van der Waals surface area contributed by atoms with Crippen LogP contribution >= 0.6 is 12.4 Å². The Morgan fingerprint density at radius 2 is 1.86 bits per heavy atom. The van der Waals surface area contributed by atoms with Gasteiger partial charge in [-0.1, -0.05) is 6.92 Å². The van der Waals surface area contributed by atoms with Crippen molar-refractivity contribution in [1.29, 1.82) is 0 Å². The molecule has 0 radical (unpaired) electrons. The highest BCUT2D eigenvalue weighted by Crippen LogP contribution is 2.23. The second kappa shape index (κ2) is 7.05. The van der Waals surface area contributed by atoms with Gasteiger partial charge in [0.1, 0.15) is 5.82 Å². The van der Waals surface area contributed by atoms with Gasteiger partial charge < -0.3 is 5.32 Å². The Morgan fingerprint density at radius 3 is 2.38 bits per heavy atom. The Labute approximate surface area is 132 Å². The summed E-state index contributed by atoms with van der Waals surface area (Å²) in [5, 5.41) is 3.19. The fraction of sp³-hybridized carbons (Fsp3) is 0.571. The smallest absolute Gasteiger partial charge is 0.241 e. The summed E-state index contributed by atoms with van der Waals surface area (Å²) in [6, 6.07) is 2.38. The van der Waals surface area contributed by atoms with Crippen LogP contribution in [0.25, 0.3) is 0 Å². The van der Waals surface area contributed by atoms with Crippen molar-refractivity contribution in [3.63, 3.8) is 0 Å². The highest BCUT2D eigenvalue weighted by Gasteiger charge is 2.28. The van der Waals surface area contributed by atoms with Gasteiger partial charge in [0, 0.05) is 12.6 Å². The molecule has 0 saturated carbocycles. The predicted octanol–water partition coefficient (Wildman–Crippen LogP) is 2.14. The zero-order valence-electron chi connectivity index (χ0n) is 12.4. The molecule has 1 fully saturated rings. The van der Waals surface area contributed by atoms with Gasteiger partial charge in [0.2, 0.25) is 10.0 Å². The van der Waals surface area contributed by atoms with Gasteiger partial charge in [-0.05, 0) is 56.0 Å². The maximum absolute atomic E-state index is 13.3. The van der Waals surface area contributed by atoms with Crippen LogP contribution < -0.4 is 10.0 Å². The van der Waals surface area contributed by atoms with Gasteiger partial charge in [0.15, 0.2) is 0 Å². The van der Waals surface area contributed by atoms with Gasteiger partial charge in [-0.25, -0.2) is 17.5 Å². The van der Waals surface area contributed by atoms with E-state index < -0.39 is 15.8 Å². The molecule has 0 amide bonds. The molecule has 0 aliphatic carbocycles. The molecule has 120 valence electrons. The van der Waals surface area contributed by atoms with Crippen molar-refractivity contribution in [2.75, 3.05) is 13.1 Å². The first-order valence-corrected chi connectivity index (χ1v) is 8.29. The minimum Gasteiger partial charge on any atom is -0.315 e. The minimum absolute atomic E-state index is 0. The largest absolute Gasteiger partial charge is 0.315 e. The summed E-state index contributed by atoms with van der Waals surface area (Å²) in [5.74, 6) is -0.126. The van der Waals surface area contributed by atoms with E-state index in [2.05, 4.69) is 10.0 Å². The Hall–Kier alpha value is -0.690. The first-order valence-electron chi connectivity index (χ1n) is 6.81. The van der Waals surface area contributed by atoms with E-state index in [1.165, 1.54) is 12.1 Å². The van der Waals surface area contributed by atoms with Crippen LogP contribution in [0.3, 0.4) is 0 Å². The Morgan fingerprint density at radius 1 is 1.29 bits per heavy atom. The number of nitrogens with one attached hydrogen (secondary N) is 2. The summed E-state index contributed by atoms with van der Waals surface area (Å²) in [6.45, 7) is 6.81. The van der Waals surface area contributed by atoms with Crippen molar-refractivity contribution in [1.82, 2.24) is 10.0 Å². The van der Waals surface area contributed by atoms with Crippen LogP contribution in [0, 0.1) is 25.6 Å². The van der Waals surface area contributed by atoms with Crippen LogP contribution in [-0.2, 0) is 10.0 Å². The number of benzene rings is 1. The van der Waals surface area contributed by atoms with Crippen molar-refractivity contribution in [3.05, 3.63) is 29.1 Å². The fourth-order valence-electron chi connectivity index (χ4n) is 2.73. The molecule has 1 aliphatic heterocycles. The molecule has 2 atom stereocenters. The van der Waals surface area contributed by atoms with E-state index in [9.17, 15) is 12.8 Å². The molecule has 1 heterocycles. The molecule has 0 spiro atoms. The van der Waals surface area contributed by atoms with Crippen LogP contribution in [0.1, 0.15) is 24.5 Å². The summed E-state index contributed by atoms with van der Waals surface area (Å²) < 4.78 is 41.1. The number of hydrogen-bond donors (Lipinski definition) is 2. The molecule has 0 aromatic heterocycles. The number of piperidine rings is 1. The molecule has 4 nitrogen and oxygen atoms in total. The average Bonchev–Trinajstić information content (AvgIpc) is 2.30. The van der Waals surface area contributed by atoms with Crippen LogP contribution in [0.5, 0.6) is 0 Å². The van der Waals surface area contributed by atoms with Gasteiger partial charge in [-0.15, -0.1) is 12.4 Å². The lowest BCUT2D eigenvalue weighted by Gasteiger charge is -2.30. The normalized spacial score (nSPS) is 22.7. The topological polar surface area (TPSA) is 58.2 Å². The van der Waals surface area contributed by atoms with Crippen LogP contribution in [-0.4, -0.2) is 27.5 Å². The first kappa shape index (κ1) is 18.4. The molecule has 2 rings (SSSR count). The van der Waals surface area contributed by atoms with Gasteiger partial charge in [-0.3, -0.25) is 0 Å². The van der Waals surface area contributed by atoms with E-state index in [0.717, 1.165) is 13.0 Å². The van der Waals surface area contributed by atoms with E-state index >= 15 is 0 Å². The van der Waals surface area contributed by atoms with Crippen LogP contribution in [0.4, 0.5) is 4.39 Å². The molecule has 21 heavy (non-hydrogen) atoms. The predicted molar refractivity (Wildman–Crippen MR) is 83.9 cm³/mol. The minimum atomic E-state index is -3.63. The third kappa shape index (κ3) is 4.16. The summed E-state index contributed by atoms with van der Waals surface area (Å²) in [6.07, 6.45) is 0.939. The lowest BCUT2D eigenvalue weighted by atomic mass is 9.96. The van der Waals surface area contributed by atoms with Crippen molar-refractivity contribution in [2.45, 2.75) is 38.1 Å². The maximum atomic E-state index is 13.3. The van der Waals surface area contributed by atoms with E-state index in [0.29, 0.717) is 17.7 Å². The van der Waals surface area contributed by atoms with Crippen molar-refractivity contribution >= 4 is 22.4 Å². The van der Waals surface area contributed by atoms with Gasteiger partial charge >= 0.3 is 0 Å². The van der Waals surface area contributed by atoms with Crippen molar-refractivity contribution in [3.8, 4) is 0 Å². The summed E-state index contributed by atoms with van der Waals surface area (Å²) >= 11 is 0. The Balaban J connectivity index is 0.00000220. The molecule has 1 saturated heterocycles.